The molecule has 0 heterocycles. The number of benzene rings is 1. The van der Waals surface area contributed by atoms with E-state index in [1.54, 1.807) is 19.2 Å². The maximum atomic E-state index is 13.1. The summed E-state index contributed by atoms with van der Waals surface area (Å²) in [5.41, 5.74) is 0.984. The van der Waals surface area contributed by atoms with Crippen LogP contribution in [0.15, 0.2) is 29.3 Å². The molecule has 4 nitrogen and oxygen atoms in total. The summed E-state index contributed by atoms with van der Waals surface area (Å²) in [6.07, 6.45) is 0.768. The number of nitrogens with one attached hydrogen (secondary N) is 2. The average molecular weight is 294 g/mol. The maximum absolute atomic E-state index is 13.1. The quantitative estimate of drug-likeness (QED) is 0.596. The molecule has 0 atom stereocenters. The molecule has 118 valence electrons. The number of hydrogen-bond acceptors (Lipinski definition) is 2. The predicted octanol–water partition coefficient (Wildman–Crippen LogP) is 1.87. The molecule has 0 aliphatic carbocycles. The first-order valence-electron chi connectivity index (χ1n) is 7.42. The lowest BCUT2D eigenvalue weighted by Gasteiger charge is -2.21. The summed E-state index contributed by atoms with van der Waals surface area (Å²) in [6, 6.07) is 7.23. The van der Waals surface area contributed by atoms with Gasteiger partial charge in [0, 0.05) is 32.7 Å². The van der Waals surface area contributed by atoms with E-state index in [1.165, 1.54) is 6.07 Å². The molecule has 0 aromatic heterocycles. The van der Waals surface area contributed by atoms with Gasteiger partial charge in [0.1, 0.15) is 5.82 Å². The van der Waals surface area contributed by atoms with E-state index in [1.807, 2.05) is 6.07 Å². The normalized spacial score (nSPS) is 12.0. The number of halogens is 1. The molecule has 0 radical (unpaired) electrons. The summed E-state index contributed by atoms with van der Waals surface area (Å²) in [5, 5.41) is 6.51. The minimum Gasteiger partial charge on any atom is -0.356 e. The Labute approximate surface area is 127 Å². The summed E-state index contributed by atoms with van der Waals surface area (Å²) in [4.78, 5) is 6.45. The Morgan fingerprint density at radius 3 is 2.62 bits per heavy atom. The van der Waals surface area contributed by atoms with Crippen LogP contribution in [-0.2, 0) is 6.42 Å². The van der Waals surface area contributed by atoms with Crippen molar-refractivity contribution in [3.8, 4) is 0 Å². The van der Waals surface area contributed by atoms with Crippen LogP contribution in [0, 0.1) is 5.82 Å². The fourth-order valence-electron chi connectivity index (χ4n) is 1.85. The molecule has 0 saturated carbocycles. The van der Waals surface area contributed by atoms with E-state index < -0.39 is 0 Å². The third kappa shape index (κ3) is 7.09. The van der Waals surface area contributed by atoms with Crippen molar-refractivity contribution in [2.24, 2.45) is 4.99 Å². The Morgan fingerprint density at radius 1 is 1.29 bits per heavy atom. The maximum Gasteiger partial charge on any atom is 0.191 e. The predicted molar refractivity (Wildman–Crippen MR) is 87.2 cm³/mol. The molecular formula is C16H27FN4. The largest absolute Gasteiger partial charge is 0.356 e. The first-order chi connectivity index (χ1) is 10.0. The SMILES string of the molecule is CN=C(NCCc1cccc(F)c1)NCCN(C)C(C)C. The second kappa shape index (κ2) is 9.34. The van der Waals surface area contributed by atoms with Gasteiger partial charge in [-0.2, -0.15) is 0 Å². The van der Waals surface area contributed by atoms with Crippen molar-refractivity contribution in [2.45, 2.75) is 26.3 Å². The number of aliphatic imine (C=N–C) groups is 1. The van der Waals surface area contributed by atoms with Crippen molar-refractivity contribution in [1.82, 2.24) is 15.5 Å². The smallest absolute Gasteiger partial charge is 0.191 e. The van der Waals surface area contributed by atoms with Gasteiger partial charge in [-0.25, -0.2) is 4.39 Å². The second-order valence-corrected chi connectivity index (χ2v) is 5.38. The number of nitrogens with zero attached hydrogens (tertiary/aromatic N) is 2. The first kappa shape index (κ1) is 17.4. The molecule has 0 bridgehead atoms. The van der Waals surface area contributed by atoms with Gasteiger partial charge >= 0.3 is 0 Å². The van der Waals surface area contributed by atoms with Gasteiger partial charge in [0.15, 0.2) is 5.96 Å². The average Bonchev–Trinajstić information content (AvgIpc) is 2.45. The van der Waals surface area contributed by atoms with Crippen LogP contribution in [0.3, 0.4) is 0 Å². The van der Waals surface area contributed by atoms with Crippen LogP contribution in [-0.4, -0.2) is 50.6 Å². The molecule has 0 fully saturated rings. The van der Waals surface area contributed by atoms with Gasteiger partial charge in [0.2, 0.25) is 0 Å². The van der Waals surface area contributed by atoms with Crippen LogP contribution in [0.1, 0.15) is 19.4 Å². The monoisotopic (exact) mass is 294 g/mol. The number of guanidine groups is 1. The van der Waals surface area contributed by atoms with Gasteiger partial charge in [0.05, 0.1) is 0 Å². The van der Waals surface area contributed by atoms with Crippen molar-refractivity contribution in [3.05, 3.63) is 35.6 Å². The summed E-state index contributed by atoms with van der Waals surface area (Å²) in [7, 11) is 3.86. The summed E-state index contributed by atoms with van der Waals surface area (Å²) < 4.78 is 13.1. The molecule has 21 heavy (non-hydrogen) atoms. The minimum absolute atomic E-state index is 0.188. The molecule has 0 saturated heterocycles. The summed E-state index contributed by atoms with van der Waals surface area (Å²) in [5.74, 6) is 0.593. The van der Waals surface area contributed by atoms with E-state index in [9.17, 15) is 4.39 Å². The topological polar surface area (TPSA) is 39.7 Å². The molecular weight excluding hydrogens is 267 g/mol. The highest BCUT2D eigenvalue weighted by Crippen LogP contribution is 2.03. The lowest BCUT2D eigenvalue weighted by molar-refractivity contribution is 0.278. The number of likely N-dealkylation sites (N-methyl/N-ethyl adjacent to an activating group) is 1. The Morgan fingerprint density at radius 2 is 2.00 bits per heavy atom. The van der Waals surface area contributed by atoms with Crippen molar-refractivity contribution in [3.63, 3.8) is 0 Å². The molecule has 1 rings (SSSR count). The number of hydrogen-bond donors (Lipinski definition) is 2. The zero-order valence-corrected chi connectivity index (χ0v) is 13.5. The van der Waals surface area contributed by atoms with E-state index >= 15 is 0 Å². The Kier molecular flexibility index (Phi) is 7.75. The van der Waals surface area contributed by atoms with Gasteiger partial charge in [-0.3, -0.25) is 4.99 Å². The van der Waals surface area contributed by atoms with E-state index in [4.69, 9.17) is 0 Å². The summed E-state index contributed by atoms with van der Waals surface area (Å²) in [6.45, 7) is 6.87. The second-order valence-electron chi connectivity index (χ2n) is 5.38. The van der Waals surface area contributed by atoms with Crippen LogP contribution in [0.2, 0.25) is 0 Å². The van der Waals surface area contributed by atoms with Crippen molar-refractivity contribution < 1.29 is 4.39 Å². The van der Waals surface area contributed by atoms with E-state index in [0.29, 0.717) is 6.04 Å². The molecule has 2 N–H and O–H groups in total. The highest BCUT2D eigenvalue weighted by Gasteiger charge is 2.03. The third-order valence-corrected chi connectivity index (χ3v) is 3.46. The summed E-state index contributed by atoms with van der Waals surface area (Å²) >= 11 is 0. The highest BCUT2D eigenvalue weighted by atomic mass is 19.1. The zero-order chi connectivity index (χ0) is 15.7. The first-order valence-corrected chi connectivity index (χ1v) is 7.42. The van der Waals surface area contributed by atoms with Gasteiger partial charge in [-0.05, 0) is 45.0 Å². The van der Waals surface area contributed by atoms with Crippen LogP contribution < -0.4 is 10.6 Å². The van der Waals surface area contributed by atoms with E-state index in [2.05, 4.69) is 41.4 Å². The Bertz CT molecular complexity index is 446. The fourth-order valence-corrected chi connectivity index (χ4v) is 1.85. The standard InChI is InChI=1S/C16H27FN4/c1-13(2)21(4)11-10-20-16(18-3)19-9-8-14-6-5-7-15(17)12-14/h5-7,12-13H,8-11H2,1-4H3,(H2,18,19,20). The lowest BCUT2D eigenvalue weighted by Crippen LogP contribution is -2.42. The minimum atomic E-state index is -0.188. The molecule has 0 unspecified atom stereocenters. The molecule has 1 aromatic carbocycles. The molecule has 0 aliphatic heterocycles. The Balaban J connectivity index is 2.25. The fraction of sp³-hybridized carbons (Fsp3) is 0.562. The van der Waals surface area contributed by atoms with Gasteiger partial charge in [-0.15, -0.1) is 0 Å². The van der Waals surface area contributed by atoms with Crippen LogP contribution >= 0.6 is 0 Å². The Hall–Kier alpha value is -1.62. The van der Waals surface area contributed by atoms with Crippen LogP contribution in [0.4, 0.5) is 4.39 Å². The molecule has 5 heteroatoms. The molecule has 0 spiro atoms. The van der Waals surface area contributed by atoms with Gasteiger partial charge < -0.3 is 15.5 Å². The van der Waals surface area contributed by atoms with E-state index in [0.717, 1.165) is 37.6 Å². The molecule has 0 aliphatic rings. The molecule has 0 amide bonds. The van der Waals surface area contributed by atoms with Crippen molar-refractivity contribution >= 4 is 5.96 Å². The van der Waals surface area contributed by atoms with Crippen LogP contribution in [0.5, 0.6) is 0 Å². The highest BCUT2D eigenvalue weighted by molar-refractivity contribution is 5.79. The van der Waals surface area contributed by atoms with Crippen molar-refractivity contribution in [1.29, 1.82) is 0 Å². The zero-order valence-electron chi connectivity index (χ0n) is 13.5. The molecule has 1 aromatic rings. The van der Waals surface area contributed by atoms with E-state index in [-0.39, 0.29) is 5.82 Å². The van der Waals surface area contributed by atoms with Gasteiger partial charge in [-0.1, -0.05) is 12.1 Å². The number of rotatable bonds is 7. The van der Waals surface area contributed by atoms with Crippen molar-refractivity contribution in [2.75, 3.05) is 33.7 Å². The van der Waals surface area contributed by atoms with Crippen LogP contribution in [0.25, 0.3) is 0 Å². The van der Waals surface area contributed by atoms with Gasteiger partial charge in [0.25, 0.3) is 0 Å². The lowest BCUT2D eigenvalue weighted by atomic mass is 10.1. The third-order valence-electron chi connectivity index (χ3n) is 3.46.